The monoisotopic (exact) mass is 276 g/mol. The second kappa shape index (κ2) is 5.01. The summed E-state index contributed by atoms with van der Waals surface area (Å²) in [6.45, 7) is 3.21. The fourth-order valence-electron chi connectivity index (χ4n) is 2.18. The summed E-state index contributed by atoms with van der Waals surface area (Å²) in [6.07, 6.45) is 0.976. The minimum absolute atomic E-state index is 0.151. The highest BCUT2D eigenvalue weighted by Gasteiger charge is 2.23. The Morgan fingerprint density at radius 1 is 1.26 bits per heavy atom. The van der Waals surface area contributed by atoms with Gasteiger partial charge in [-0.2, -0.15) is 15.0 Å². The predicted octanol–water partition coefficient (Wildman–Crippen LogP) is 2.62. The summed E-state index contributed by atoms with van der Waals surface area (Å²) in [6, 6.07) is 8.47. The molecular weight excluding hydrogens is 264 g/mol. The van der Waals surface area contributed by atoms with Gasteiger partial charge in [-0.25, -0.2) is 0 Å². The van der Waals surface area contributed by atoms with Crippen molar-refractivity contribution in [2.24, 2.45) is 0 Å². The second-order valence-corrected chi connectivity index (χ2v) is 4.49. The molecule has 1 aliphatic rings. The molecule has 1 aromatic heterocycles. The lowest BCUT2D eigenvalue weighted by Crippen LogP contribution is -2.17. The van der Waals surface area contributed by atoms with Gasteiger partial charge in [-0.15, -0.1) is 0 Å². The quantitative estimate of drug-likeness (QED) is 0.862. The van der Waals surface area contributed by atoms with Crippen LogP contribution in [0.4, 0.5) is 11.6 Å². The van der Waals surface area contributed by atoms with Crippen molar-refractivity contribution in [3.05, 3.63) is 35.1 Å². The van der Waals surface area contributed by atoms with Crippen molar-refractivity contribution >= 4 is 23.2 Å². The average molecular weight is 277 g/mol. The van der Waals surface area contributed by atoms with Gasteiger partial charge in [-0.05, 0) is 36.6 Å². The number of aromatic nitrogens is 3. The summed E-state index contributed by atoms with van der Waals surface area (Å²) >= 11 is 5.92. The maximum Gasteiger partial charge on any atom is 0.322 e. The maximum absolute atomic E-state index is 5.92. The molecule has 0 amide bonds. The van der Waals surface area contributed by atoms with E-state index in [4.69, 9.17) is 16.3 Å². The van der Waals surface area contributed by atoms with Gasteiger partial charge in [-0.1, -0.05) is 18.2 Å². The standard InChI is InChI=1S/C13H13ClN4O/c1-2-19-13-16-11(14)15-12(17-13)18-8-7-9-5-3-4-6-10(9)18/h3-6H,2,7-8H2,1H3. The highest BCUT2D eigenvalue weighted by Crippen LogP contribution is 2.32. The van der Waals surface area contributed by atoms with E-state index in [1.54, 1.807) is 0 Å². The van der Waals surface area contributed by atoms with Crippen LogP contribution in [-0.4, -0.2) is 28.1 Å². The molecular formula is C13H13ClN4O. The number of para-hydroxylation sites is 1. The Labute approximate surface area is 116 Å². The molecule has 2 heterocycles. The summed E-state index contributed by atoms with van der Waals surface area (Å²) in [5.41, 5.74) is 2.41. The molecule has 0 N–H and O–H groups in total. The predicted molar refractivity (Wildman–Crippen MR) is 73.2 cm³/mol. The van der Waals surface area contributed by atoms with E-state index in [1.165, 1.54) is 5.56 Å². The Morgan fingerprint density at radius 2 is 2.11 bits per heavy atom. The van der Waals surface area contributed by atoms with E-state index < -0.39 is 0 Å². The lowest BCUT2D eigenvalue weighted by molar-refractivity contribution is 0.311. The van der Waals surface area contributed by atoms with Crippen LogP contribution in [0.15, 0.2) is 24.3 Å². The van der Waals surface area contributed by atoms with Crippen molar-refractivity contribution < 1.29 is 4.74 Å². The Hall–Kier alpha value is -1.88. The van der Waals surface area contributed by atoms with Crippen molar-refractivity contribution in [2.75, 3.05) is 18.1 Å². The molecule has 3 rings (SSSR count). The first kappa shape index (κ1) is 12.2. The summed E-state index contributed by atoms with van der Waals surface area (Å²) in [7, 11) is 0. The highest BCUT2D eigenvalue weighted by molar-refractivity contribution is 6.28. The lowest BCUT2D eigenvalue weighted by Gasteiger charge is -2.17. The Bertz CT molecular complexity index is 605. The van der Waals surface area contributed by atoms with E-state index in [1.807, 2.05) is 24.0 Å². The molecule has 5 nitrogen and oxygen atoms in total. The van der Waals surface area contributed by atoms with Crippen LogP contribution in [0.3, 0.4) is 0 Å². The maximum atomic E-state index is 5.92. The Balaban J connectivity index is 1.99. The van der Waals surface area contributed by atoms with E-state index >= 15 is 0 Å². The molecule has 0 saturated carbocycles. The number of hydrogen-bond donors (Lipinski definition) is 0. The first-order valence-electron chi connectivity index (χ1n) is 6.17. The largest absolute Gasteiger partial charge is 0.464 e. The molecule has 0 spiro atoms. The second-order valence-electron chi connectivity index (χ2n) is 4.15. The molecule has 0 bridgehead atoms. The fraction of sp³-hybridized carbons (Fsp3) is 0.308. The zero-order valence-electron chi connectivity index (χ0n) is 10.5. The average Bonchev–Trinajstić information content (AvgIpc) is 2.82. The van der Waals surface area contributed by atoms with E-state index in [0.29, 0.717) is 12.6 Å². The molecule has 0 fully saturated rings. The van der Waals surface area contributed by atoms with Crippen molar-refractivity contribution in [1.82, 2.24) is 15.0 Å². The number of anilines is 2. The number of rotatable bonds is 3. The number of ether oxygens (including phenoxy) is 1. The Kier molecular flexibility index (Phi) is 3.21. The highest BCUT2D eigenvalue weighted by atomic mass is 35.5. The minimum atomic E-state index is 0.151. The molecule has 0 radical (unpaired) electrons. The summed E-state index contributed by atoms with van der Waals surface area (Å²) in [4.78, 5) is 14.5. The third kappa shape index (κ3) is 2.33. The van der Waals surface area contributed by atoms with Crippen molar-refractivity contribution in [1.29, 1.82) is 0 Å². The van der Waals surface area contributed by atoms with Crippen LogP contribution in [0.5, 0.6) is 6.01 Å². The van der Waals surface area contributed by atoms with Gasteiger partial charge in [0.05, 0.1) is 6.61 Å². The smallest absolute Gasteiger partial charge is 0.322 e. The van der Waals surface area contributed by atoms with Crippen LogP contribution in [0.1, 0.15) is 12.5 Å². The summed E-state index contributed by atoms with van der Waals surface area (Å²) in [5.74, 6) is 0.536. The van der Waals surface area contributed by atoms with Gasteiger partial charge < -0.3 is 9.64 Å². The molecule has 2 aromatic rings. The van der Waals surface area contributed by atoms with Crippen LogP contribution >= 0.6 is 11.6 Å². The van der Waals surface area contributed by atoms with Crippen LogP contribution in [0.2, 0.25) is 5.28 Å². The van der Waals surface area contributed by atoms with Gasteiger partial charge in [-0.3, -0.25) is 0 Å². The SMILES string of the molecule is CCOc1nc(Cl)nc(N2CCc3ccccc32)n1. The van der Waals surface area contributed by atoms with Gasteiger partial charge in [0.1, 0.15) is 0 Å². The number of nitrogens with zero attached hydrogens (tertiary/aromatic N) is 4. The van der Waals surface area contributed by atoms with Crippen LogP contribution < -0.4 is 9.64 Å². The zero-order chi connectivity index (χ0) is 13.2. The van der Waals surface area contributed by atoms with Gasteiger partial charge in [0, 0.05) is 12.2 Å². The van der Waals surface area contributed by atoms with Crippen LogP contribution in [0, 0.1) is 0 Å². The molecule has 98 valence electrons. The number of benzene rings is 1. The van der Waals surface area contributed by atoms with Crippen LogP contribution in [-0.2, 0) is 6.42 Å². The molecule has 19 heavy (non-hydrogen) atoms. The van der Waals surface area contributed by atoms with E-state index in [9.17, 15) is 0 Å². The van der Waals surface area contributed by atoms with Gasteiger partial charge in [0.15, 0.2) is 0 Å². The van der Waals surface area contributed by atoms with E-state index in [-0.39, 0.29) is 11.3 Å². The van der Waals surface area contributed by atoms with Gasteiger partial charge in [0.25, 0.3) is 0 Å². The van der Waals surface area contributed by atoms with Gasteiger partial charge >= 0.3 is 6.01 Å². The zero-order valence-corrected chi connectivity index (χ0v) is 11.3. The number of hydrogen-bond acceptors (Lipinski definition) is 5. The molecule has 6 heteroatoms. The van der Waals surface area contributed by atoms with E-state index in [2.05, 4.69) is 27.1 Å². The van der Waals surface area contributed by atoms with Crippen molar-refractivity contribution in [3.8, 4) is 6.01 Å². The van der Waals surface area contributed by atoms with Crippen LogP contribution in [0.25, 0.3) is 0 Å². The molecule has 0 unspecified atom stereocenters. The van der Waals surface area contributed by atoms with Crippen molar-refractivity contribution in [3.63, 3.8) is 0 Å². The topological polar surface area (TPSA) is 51.1 Å². The normalized spacial score (nSPS) is 13.5. The molecule has 0 aliphatic carbocycles. The first-order chi connectivity index (χ1) is 9.28. The molecule has 0 saturated heterocycles. The molecule has 1 aromatic carbocycles. The third-order valence-electron chi connectivity index (χ3n) is 2.98. The number of fused-ring (bicyclic) bond motifs is 1. The molecule has 0 atom stereocenters. The van der Waals surface area contributed by atoms with Gasteiger partial charge in [0.2, 0.25) is 11.2 Å². The lowest BCUT2D eigenvalue weighted by atomic mass is 10.2. The van der Waals surface area contributed by atoms with E-state index in [0.717, 1.165) is 18.7 Å². The first-order valence-corrected chi connectivity index (χ1v) is 6.55. The van der Waals surface area contributed by atoms with Crippen molar-refractivity contribution in [2.45, 2.75) is 13.3 Å². The summed E-state index contributed by atoms with van der Waals surface area (Å²) in [5, 5.41) is 0.151. The minimum Gasteiger partial charge on any atom is -0.464 e. The number of halogens is 1. The molecule has 1 aliphatic heterocycles. The fourth-order valence-corrected chi connectivity index (χ4v) is 2.33. The summed E-state index contributed by atoms with van der Waals surface area (Å²) < 4.78 is 5.30. The Morgan fingerprint density at radius 3 is 2.95 bits per heavy atom. The third-order valence-corrected chi connectivity index (χ3v) is 3.15.